The van der Waals surface area contributed by atoms with E-state index in [2.05, 4.69) is 20.8 Å². The van der Waals surface area contributed by atoms with Crippen molar-refractivity contribution in [2.75, 3.05) is 11.1 Å². The first-order chi connectivity index (χ1) is 9.56. The molecule has 1 heterocycles. The number of primary amides is 1. The van der Waals surface area contributed by atoms with Crippen molar-refractivity contribution in [3.8, 4) is 0 Å². The largest absolute Gasteiger partial charge is 0.366 e. The van der Waals surface area contributed by atoms with Crippen LogP contribution in [0.15, 0.2) is 29.4 Å². The molecule has 1 aromatic carbocycles. The van der Waals surface area contributed by atoms with Gasteiger partial charge in [-0.15, -0.1) is 5.10 Å². The summed E-state index contributed by atoms with van der Waals surface area (Å²) in [5, 5.41) is 14.2. The average Bonchev–Trinajstić information content (AvgIpc) is 2.82. The molecular weight excluding hydrogens is 280 g/mol. The number of nitrogens with zero attached hydrogens (tertiary/aromatic N) is 4. The van der Waals surface area contributed by atoms with Crippen LogP contribution in [0.2, 0.25) is 0 Å². The first-order valence-electron chi connectivity index (χ1n) is 5.61. The van der Waals surface area contributed by atoms with Gasteiger partial charge in [-0.1, -0.05) is 11.8 Å². The number of amides is 2. The van der Waals surface area contributed by atoms with Gasteiger partial charge in [0.15, 0.2) is 0 Å². The zero-order chi connectivity index (χ0) is 14.5. The summed E-state index contributed by atoms with van der Waals surface area (Å²) in [7, 11) is 1.70. The van der Waals surface area contributed by atoms with Crippen molar-refractivity contribution in [3.63, 3.8) is 0 Å². The normalized spacial score (nSPS) is 10.2. The molecule has 2 rings (SSSR count). The third-order valence-corrected chi connectivity index (χ3v) is 3.38. The number of thioether (sulfide) groups is 1. The Balaban J connectivity index is 1.88. The Morgan fingerprint density at radius 3 is 2.60 bits per heavy atom. The lowest BCUT2D eigenvalue weighted by Crippen LogP contribution is -2.15. The van der Waals surface area contributed by atoms with Gasteiger partial charge >= 0.3 is 0 Å². The molecule has 104 valence electrons. The summed E-state index contributed by atoms with van der Waals surface area (Å²) in [5.41, 5.74) is 6.12. The van der Waals surface area contributed by atoms with Gasteiger partial charge in [0, 0.05) is 18.3 Å². The van der Waals surface area contributed by atoms with Gasteiger partial charge < -0.3 is 11.1 Å². The van der Waals surface area contributed by atoms with E-state index in [1.54, 1.807) is 31.3 Å². The van der Waals surface area contributed by atoms with Crippen molar-refractivity contribution in [1.29, 1.82) is 0 Å². The Hall–Kier alpha value is -2.42. The molecular formula is C11H12N6O2S. The SMILES string of the molecule is Cn1nnnc1SCC(=O)Nc1ccc(C(N)=O)cc1. The van der Waals surface area contributed by atoms with Gasteiger partial charge in [0.05, 0.1) is 5.75 Å². The number of hydrogen-bond acceptors (Lipinski definition) is 6. The first kappa shape index (κ1) is 14.0. The van der Waals surface area contributed by atoms with E-state index in [0.29, 0.717) is 16.4 Å². The first-order valence-corrected chi connectivity index (χ1v) is 6.59. The van der Waals surface area contributed by atoms with E-state index in [4.69, 9.17) is 5.73 Å². The molecule has 0 aliphatic heterocycles. The predicted octanol–water partition coefficient (Wildman–Crippen LogP) is 0.0398. The lowest BCUT2D eigenvalue weighted by atomic mass is 10.2. The Morgan fingerprint density at radius 2 is 2.05 bits per heavy atom. The minimum absolute atomic E-state index is 0.186. The Morgan fingerprint density at radius 1 is 1.35 bits per heavy atom. The number of tetrazole rings is 1. The maximum atomic E-state index is 11.7. The number of carbonyl (C=O) groups is 2. The highest BCUT2D eigenvalue weighted by Crippen LogP contribution is 2.14. The number of nitrogens with one attached hydrogen (secondary N) is 1. The summed E-state index contributed by atoms with van der Waals surface area (Å²) in [5.74, 6) is -0.510. The molecule has 0 spiro atoms. The van der Waals surface area contributed by atoms with E-state index >= 15 is 0 Å². The molecule has 3 N–H and O–H groups in total. The molecule has 9 heteroatoms. The highest BCUT2D eigenvalue weighted by molar-refractivity contribution is 7.99. The summed E-state index contributed by atoms with van der Waals surface area (Å²) >= 11 is 1.23. The smallest absolute Gasteiger partial charge is 0.248 e. The second-order valence-corrected chi connectivity index (χ2v) is 4.81. The van der Waals surface area contributed by atoms with E-state index in [0.717, 1.165) is 0 Å². The van der Waals surface area contributed by atoms with Crippen molar-refractivity contribution in [1.82, 2.24) is 20.2 Å². The topological polar surface area (TPSA) is 116 Å². The molecule has 20 heavy (non-hydrogen) atoms. The fourth-order valence-corrected chi connectivity index (χ4v) is 2.04. The summed E-state index contributed by atoms with van der Waals surface area (Å²) in [6, 6.07) is 6.34. The monoisotopic (exact) mass is 292 g/mol. The van der Waals surface area contributed by atoms with Crippen molar-refractivity contribution in [2.45, 2.75) is 5.16 Å². The second-order valence-electron chi connectivity index (χ2n) is 3.86. The number of aromatic nitrogens is 4. The van der Waals surface area contributed by atoms with Gasteiger partial charge in [0.1, 0.15) is 0 Å². The average molecular weight is 292 g/mol. The molecule has 1 aromatic heterocycles. The number of anilines is 1. The van der Waals surface area contributed by atoms with Gasteiger partial charge in [-0.2, -0.15) is 0 Å². The van der Waals surface area contributed by atoms with E-state index in [-0.39, 0.29) is 11.7 Å². The van der Waals surface area contributed by atoms with Crippen molar-refractivity contribution < 1.29 is 9.59 Å². The number of hydrogen-bond donors (Lipinski definition) is 2. The summed E-state index contributed by atoms with van der Waals surface area (Å²) in [6.07, 6.45) is 0. The fourth-order valence-electron chi connectivity index (χ4n) is 1.39. The lowest BCUT2D eigenvalue weighted by molar-refractivity contribution is -0.113. The number of carbonyl (C=O) groups excluding carboxylic acids is 2. The third kappa shape index (κ3) is 3.54. The highest BCUT2D eigenvalue weighted by Gasteiger charge is 2.08. The molecule has 0 fully saturated rings. The maximum absolute atomic E-state index is 11.7. The molecule has 8 nitrogen and oxygen atoms in total. The van der Waals surface area contributed by atoms with E-state index < -0.39 is 5.91 Å². The van der Waals surface area contributed by atoms with Crippen LogP contribution in [0.3, 0.4) is 0 Å². The molecule has 0 aliphatic carbocycles. The molecule has 0 radical (unpaired) electrons. The van der Waals surface area contributed by atoms with Gasteiger partial charge in [0.2, 0.25) is 17.0 Å². The van der Waals surface area contributed by atoms with Crippen LogP contribution < -0.4 is 11.1 Å². The molecule has 0 unspecified atom stereocenters. The van der Waals surface area contributed by atoms with Crippen molar-refractivity contribution >= 4 is 29.3 Å². The van der Waals surface area contributed by atoms with Crippen LogP contribution in [0, 0.1) is 0 Å². The van der Waals surface area contributed by atoms with E-state index in [1.165, 1.54) is 16.4 Å². The van der Waals surface area contributed by atoms with Gasteiger partial charge in [-0.05, 0) is 34.7 Å². The summed E-state index contributed by atoms with van der Waals surface area (Å²) < 4.78 is 1.49. The van der Waals surface area contributed by atoms with Crippen LogP contribution in [-0.2, 0) is 11.8 Å². The Labute approximate surface area is 118 Å². The third-order valence-electron chi connectivity index (χ3n) is 2.37. The molecule has 0 bridgehead atoms. The minimum atomic E-state index is -0.506. The Bertz CT molecular complexity index is 624. The zero-order valence-electron chi connectivity index (χ0n) is 10.6. The zero-order valence-corrected chi connectivity index (χ0v) is 11.4. The molecule has 0 saturated heterocycles. The molecule has 2 amide bonds. The van der Waals surface area contributed by atoms with Crippen LogP contribution in [-0.4, -0.2) is 37.8 Å². The predicted molar refractivity (Wildman–Crippen MR) is 73.1 cm³/mol. The number of rotatable bonds is 5. The maximum Gasteiger partial charge on any atom is 0.248 e. The van der Waals surface area contributed by atoms with Crippen LogP contribution in [0.1, 0.15) is 10.4 Å². The number of aryl methyl sites for hydroxylation is 1. The Kier molecular flexibility index (Phi) is 4.31. The van der Waals surface area contributed by atoms with Crippen LogP contribution >= 0.6 is 11.8 Å². The van der Waals surface area contributed by atoms with Gasteiger partial charge in [0.25, 0.3) is 0 Å². The van der Waals surface area contributed by atoms with Crippen molar-refractivity contribution in [3.05, 3.63) is 29.8 Å². The number of nitrogens with two attached hydrogens (primary N) is 1. The molecule has 2 aromatic rings. The van der Waals surface area contributed by atoms with E-state index in [1.807, 2.05) is 0 Å². The minimum Gasteiger partial charge on any atom is -0.366 e. The van der Waals surface area contributed by atoms with Gasteiger partial charge in [-0.25, -0.2) is 4.68 Å². The summed E-state index contributed by atoms with van der Waals surface area (Å²) in [4.78, 5) is 22.6. The van der Waals surface area contributed by atoms with Crippen molar-refractivity contribution in [2.24, 2.45) is 12.8 Å². The standard InChI is InChI=1S/C11H12N6O2S/c1-17-11(14-15-16-17)20-6-9(18)13-8-4-2-7(3-5-8)10(12)19/h2-5H,6H2,1H3,(H2,12,19)(H,13,18). The molecule has 0 aliphatic rings. The van der Waals surface area contributed by atoms with E-state index in [9.17, 15) is 9.59 Å². The van der Waals surface area contributed by atoms with Crippen LogP contribution in [0.5, 0.6) is 0 Å². The summed E-state index contributed by atoms with van der Waals surface area (Å²) in [6.45, 7) is 0. The highest BCUT2D eigenvalue weighted by atomic mass is 32.2. The molecule has 0 saturated carbocycles. The second kappa shape index (κ2) is 6.15. The fraction of sp³-hybridized carbons (Fsp3) is 0.182. The number of benzene rings is 1. The lowest BCUT2D eigenvalue weighted by Gasteiger charge is -2.05. The quantitative estimate of drug-likeness (QED) is 0.752. The molecule has 0 atom stereocenters. The van der Waals surface area contributed by atoms with Crippen LogP contribution in [0.4, 0.5) is 5.69 Å². The van der Waals surface area contributed by atoms with Crippen LogP contribution in [0.25, 0.3) is 0 Å². The van der Waals surface area contributed by atoms with Gasteiger partial charge in [-0.3, -0.25) is 9.59 Å².